The monoisotopic (exact) mass is 184 g/mol. The van der Waals surface area contributed by atoms with Crippen LogP contribution in [0.5, 0.6) is 0 Å². The molecule has 0 spiro atoms. The van der Waals surface area contributed by atoms with E-state index in [0.29, 0.717) is 18.6 Å². The molecule has 0 aromatic carbocycles. The number of esters is 1. The minimum Gasteiger partial charge on any atom is -0.469 e. The van der Waals surface area contributed by atoms with Crippen molar-refractivity contribution >= 4 is 11.8 Å². The summed E-state index contributed by atoms with van der Waals surface area (Å²) >= 11 is 0. The Bertz CT molecular complexity index is 210. The molecule has 0 aliphatic heterocycles. The van der Waals surface area contributed by atoms with Gasteiger partial charge in [-0.3, -0.25) is 9.59 Å². The molecule has 0 heterocycles. The van der Waals surface area contributed by atoms with Gasteiger partial charge in [0.25, 0.3) is 0 Å². The van der Waals surface area contributed by atoms with Gasteiger partial charge in [0.2, 0.25) is 0 Å². The minimum atomic E-state index is -0.209. The van der Waals surface area contributed by atoms with Gasteiger partial charge in [0, 0.05) is 12.3 Å². The average Bonchev–Trinajstić information content (AvgIpc) is 2.50. The Morgan fingerprint density at radius 1 is 1.69 bits per heavy atom. The predicted molar refractivity (Wildman–Crippen MR) is 48.1 cm³/mol. The van der Waals surface area contributed by atoms with Gasteiger partial charge in [0.15, 0.2) is 0 Å². The molecule has 1 fully saturated rings. The van der Waals surface area contributed by atoms with Crippen LogP contribution in [0.25, 0.3) is 0 Å². The third-order valence-electron chi connectivity index (χ3n) is 2.67. The third-order valence-corrected chi connectivity index (χ3v) is 2.67. The van der Waals surface area contributed by atoms with Gasteiger partial charge in [-0.2, -0.15) is 0 Å². The summed E-state index contributed by atoms with van der Waals surface area (Å²) in [4.78, 5) is 22.3. The van der Waals surface area contributed by atoms with Crippen molar-refractivity contribution in [3.8, 4) is 0 Å². The predicted octanol–water partition coefficient (Wildman–Crippen LogP) is 1.55. The number of hydrogen-bond donors (Lipinski definition) is 0. The number of rotatable bonds is 3. The summed E-state index contributed by atoms with van der Waals surface area (Å²) in [6.07, 6.45) is 3.28. The number of hydrogen-bond acceptors (Lipinski definition) is 3. The fraction of sp³-hybridized carbons (Fsp3) is 0.800. The molecule has 0 saturated heterocycles. The number of carbonyl (C=O) groups is 2. The molecule has 3 nitrogen and oxygen atoms in total. The lowest BCUT2D eigenvalue weighted by Gasteiger charge is -2.12. The van der Waals surface area contributed by atoms with E-state index in [4.69, 9.17) is 0 Å². The highest BCUT2D eigenvalue weighted by Crippen LogP contribution is 2.27. The fourth-order valence-corrected chi connectivity index (χ4v) is 1.86. The Labute approximate surface area is 78.5 Å². The van der Waals surface area contributed by atoms with Crippen molar-refractivity contribution in [1.82, 2.24) is 0 Å². The van der Waals surface area contributed by atoms with Crippen LogP contribution in [0.4, 0.5) is 0 Å². The van der Waals surface area contributed by atoms with Gasteiger partial charge >= 0.3 is 5.97 Å². The molecule has 1 aliphatic rings. The molecular weight excluding hydrogens is 168 g/mol. The zero-order valence-corrected chi connectivity index (χ0v) is 8.21. The largest absolute Gasteiger partial charge is 0.469 e. The van der Waals surface area contributed by atoms with Crippen molar-refractivity contribution in [3.63, 3.8) is 0 Å². The van der Waals surface area contributed by atoms with Crippen LogP contribution in [0.2, 0.25) is 0 Å². The minimum absolute atomic E-state index is 0.106. The van der Waals surface area contributed by atoms with Crippen molar-refractivity contribution in [2.75, 3.05) is 7.11 Å². The maximum absolute atomic E-state index is 11.3. The lowest BCUT2D eigenvalue weighted by atomic mass is 9.94. The van der Waals surface area contributed by atoms with E-state index in [2.05, 4.69) is 4.74 Å². The van der Waals surface area contributed by atoms with E-state index in [-0.39, 0.29) is 17.8 Å². The van der Waals surface area contributed by atoms with E-state index in [9.17, 15) is 9.59 Å². The molecule has 0 aromatic heterocycles. The Morgan fingerprint density at radius 2 is 2.38 bits per heavy atom. The number of Topliss-reactive ketones (excluding diaryl/α,β-unsaturated/α-hetero) is 1. The van der Waals surface area contributed by atoms with E-state index in [1.807, 2.05) is 6.92 Å². The van der Waals surface area contributed by atoms with Crippen LogP contribution in [0.15, 0.2) is 0 Å². The van der Waals surface area contributed by atoms with E-state index in [0.717, 1.165) is 12.8 Å². The van der Waals surface area contributed by atoms with E-state index in [1.165, 1.54) is 7.11 Å². The summed E-state index contributed by atoms with van der Waals surface area (Å²) in [5.74, 6) is 0.0709. The first-order chi connectivity index (χ1) is 6.15. The van der Waals surface area contributed by atoms with Gasteiger partial charge < -0.3 is 4.74 Å². The quantitative estimate of drug-likeness (QED) is 0.625. The first kappa shape index (κ1) is 10.2. The van der Waals surface area contributed by atoms with Crippen LogP contribution in [0.1, 0.15) is 32.6 Å². The third kappa shape index (κ3) is 2.54. The van der Waals surface area contributed by atoms with Gasteiger partial charge in [-0.15, -0.1) is 0 Å². The van der Waals surface area contributed by atoms with Crippen LogP contribution in [-0.4, -0.2) is 18.9 Å². The van der Waals surface area contributed by atoms with E-state index < -0.39 is 0 Å². The highest BCUT2D eigenvalue weighted by atomic mass is 16.5. The molecular formula is C10H16O3. The van der Waals surface area contributed by atoms with Gasteiger partial charge in [-0.1, -0.05) is 6.92 Å². The number of ketones is 1. The highest BCUT2D eigenvalue weighted by molar-refractivity contribution is 5.83. The normalized spacial score (nSPS) is 24.5. The van der Waals surface area contributed by atoms with Crippen molar-refractivity contribution in [2.24, 2.45) is 11.8 Å². The Morgan fingerprint density at radius 3 is 2.85 bits per heavy atom. The van der Waals surface area contributed by atoms with Crippen LogP contribution in [-0.2, 0) is 14.3 Å². The van der Waals surface area contributed by atoms with Crippen molar-refractivity contribution in [1.29, 1.82) is 0 Å². The van der Waals surface area contributed by atoms with Crippen LogP contribution < -0.4 is 0 Å². The second-order valence-corrected chi connectivity index (χ2v) is 3.72. The zero-order chi connectivity index (χ0) is 9.84. The molecule has 1 rings (SSSR count). The lowest BCUT2D eigenvalue weighted by molar-refractivity contribution is -0.145. The van der Waals surface area contributed by atoms with Gasteiger partial charge in [0.05, 0.1) is 13.0 Å². The Hall–Kier alpha value is -0.860. The summed E-state index contributed by atoms with van der Waals surface area (Å²) < 4.78 is 4.61. The van der Waals surface area contributed by atoms with Crippen molar-refractivity contribution in [3.05, 3.63) is 0 Å². The van der Waals surface area contributed by atoms with Crippen molar-refractivity contribution < 1.29 is 14.3 Å². The number of carbonyl (C=O) groups excluding carboxylic acids is 2. The molecule has 13 heavy (non-hydrogen) atoms. The summed E-state index contributed by atoms with van der Waals surface area (Å²) in [7, 11) is 1.38. The zero-order valence-electron chi connectivity index (χ0n) is 8.21. The standard InChI is InChI=1S/C10H16O3/c1-7(10(12)13-2)6-8-4-3-5-9(8)11/h7-8H,3-6H2,1-2H3/t7-,8-/m0/s1. The summed E-state index contributed by atoms with van der Waals surface area (Å²) in [6.45, 7) is 1.82. The van der Waals surface area contributed by atoms with Gasteiger partial charge in [-0.25, -0.2) is 0 Å². The summed E-state index contributed by atoms with van der Waals surface area (Å²) in [6, 6.07) is 0. The first-order valence-electron chi connectivity index (χ1n) is 4.75. The van der Waals surface area contributed by atoms with E-state index >= 15 is 0 Å². The molecule has 3 heteroatoms. The van der Waals surface area contributed by atoms with Gasteiger partial charge in [-0.05, 0) is 19.3 Å². The fourth-order valence-electron chi connectivity index (χ4n) is 1.86. The Balaban J connectivity index is 2.39. The lowest BCUT2D eigenvalue weighted by Crippen LogP contribution is -2.18. The molecule has 0 N–H and O–H groups in total. The molecule has 0 unspecified atom stereocenters. The maximum Gasteiger partial charge on any atom is 0.308 e. The van der Waals surface area contributed by atoms with Crippen molar-refractivity contribution in [2.45, 2.75) is 32.6 Å². The Kier molecular flexibility index (Phi) is 3.46. The average molecular weight is 184 g/mol. The topological polar surface area (TPSA) is 43.4 Å². The molecule has 1 saturated carbocycles. The van der Waals surface area contributed by atoms with Crippen LogP contribution in [0.3, 0.4) is 0 Å². The number of ether oxygens (including phenoxy) is 1. The second kappa shape index (κ2) is 4.40. The highest BCUT2D eigenvalue weighted by Gasteiger charge is 2.28. The smallest absolute Gasteiger partial charge is 0.308 e. The molecule has 0 aromatic rings. The molecule has 0 amide bonds. The first-order valence-corrected chi connectivity index (χ1v) is 4.75. The molecule has 2 atom stereocenters. The molecule has 1 aliphatic carbocycles. The van der Waals surface area contributed by atoms with Crippen LogP contribution >= 0.6 is 0 Å². The summed E-state index contributed by atoms with van der Waals surface area (Å²) in [5, 5.41) is 0. The second-order valence-electron chi connectivity index (χ2n) is 3.72. The number of methoxy groups -OCH3 is 1. The van der Waals surface area contributed by atoms with Crippen LogP contribution in [0, 0.1) is 11.8 Å². The van der Waals surface area contributed by atoms with E-state index in [1.54, 1.807) is 0 Å². The van der Waals surface area contributed by atoms with Gasteiger partial charge in [0.1, 0.15) is 5.78 Å². The SMILES string of the molecule is COC(=O)[C@@H](C)C[C@@H]1CCCC1=O. The summed E-state index contributed by atoms with van der Waals surface area (Å²) in [5.41, 5.74) is 0. The molecule has 0 radical (unpaired) electrons. The molecule has 74 valence electrons. The molecule has 0 bridgehead atoms. The maximum atomic E-state index is 11.3.